The summed E-state index contributed by atoms with van der Waals surface area (Å²) >= 11 is 0. The van der Waals surface area contributed by atoms with Gasteiger partial charge in [-0.15, -0.1) is 0 Å². The number of hydrogen-bond acceptors (Lipinski definition) is 7. The number of nitrogens with zero attached hydrogens (tertiary/aromatic N) is 4. The Morgan fingerprint density at radius 1 is 0.978 bits per heavy atom. The summed E-state index contributed by atoms with van der Waals surface area (Å²) in [7, 11) is 3.06. The highest BCUT2D eigenvalue weighted by Crippen LogP contribution is 2.30. The topological polar surface area (TPSA) is 146 Å². The summed E-state index contributed by atoms with van der Waals surface area (Å²) in [6.07, 6.45) is -0.0143. The second-order valence-electron chi connectivity index (χ2n) is 12.3. The molecule has 0 saturated carbocycles. The first-order valence-electron chi connectivity index (χ1n) is 14.9. The molecule has 0 aliphatic carbocycles. The molecule has 1 aliphatic rings. The summed E-state index contributed by atoms with van der Waals surface area (Å²) in [6.45, 7) is 10.0. The number of nitrogens with one attached hydrogen (secondary N) is 2. The number of carbonyl (C=O) groups excluding carboxylic acids is 3. The minimum absolute atomic E-state index is 0.253. The van der Waals surface area contributed by atoms with Gasteiger partial charge in [0.05, 0.1) is 36.6 Å². The molecule has 2 heterocycles. The Bertz CT molecular complexity index is 1560. The quantitative estimate of drug-likeness (QED) is 0.335. The van der Waals surface area contributed by atoms with Gasteiger partial charge in [-0.1, -0.05) is 50.6 Å². The van der Waals surface area contributed by atoms with Gasteiger partial charge in [-0.2, -0.15) is 5.10 Å². The molecule has 3 aromatic rings. The van der Waals surface area contributed by atoms with Crippen molar-refractivity contribution in [1.82, 2.24) is 20.0 Å². The number of amides is 3. The van der Waals surface area contributed by atoms with E-state index in [1.54, 1.807) is 48.3 Å². The lowest BCUT2D eigenvalue weighted by molar-refractivity contribution is -0.137. The number of aryl methyl sites for hydroxylation is 2. The van der Waals surface area contributed by atoms with Crippen LogP contribution in [0, 0.1) is 6.92 Å². The van der Waals surface area contributed by atoms with Crippen LogP contribution in [-0.2, 0) is 22.0 Å². The molecule has 3 N–H and O–H groups in total. The first-order valence-corrected chi connectivity index (χ1v) is 14.9. The minimum Gasteiger partial charge on any atom is -0.481 e. The Kier molecular flexibility index (Phi) is 10.2. The van der Waals surface area contributed by atoms with E-state index in [1.165, 1.54) is 11.8 Å². The van der Waals surface area contributed by atoms with Crippen LogP contribution >= 0.6 is 0 Å². The molecule has 12 nitrogen and oxygen atoms in total. The van der Waals surface area contributed by atoms with Crippen molar-refractivity contribution in [2.75, 3.05) is 43.5 Å². The maximum atomic E-state index is 13.6. The Morgan fingerprint density at radius 2 is 1.69 bits per heavy atom. The van der Waals surface area contributed by atoms with Crippen molar-refractivity contribution in [1.29, 1.82) is 0 Å². The van der Waals surface area contributed by atoms with Crippen molar-refractivity contribution in [3.63, 3.8) is 0 Å². The molecule has 1 aliphatic heterocycles. The van der Waals surface area contributed by atoms with Gasteiger partial charge in [0, 0.05) is 44.2 Å². The third-order valence-corrected chi connectivity index (χ3v) is 7.82. The lowest BCUT2D eigenvalue weighted by atomic mass is 9.92. The molecule has 1 saturated heterocycles. The van der Waals surface area contributed by atoms with E-state index in [0.29, 0.717) is 55.2 Å². The second kappa shape index (κ2) is 13.8. The molecule has 0 bridgehead atoms. The van der Waals surface area contributed by atoms with Gasteiger partial charge in [-0.3, -0.25) is 19.1 Å². The maximum Gasteiger partial charge on any atom is 0.409 e. The third kappa shape index (κ3) is 8.20. The maximum absolute atomic E-state index is 13.6. The minimum atomic E-state index is -1.04. The number of aliphatic carboxylic acids is 1. The highest BCUT2D eigenvalue weighted by Gasteiger charge is 2.26. The first-order chi connectivity index (χ1) is 21.3. The standard InChI is InChI=1S/C33H42N6O6/c1-21-8-10-22(11-9-21)24(19-29(40)41)34-30(42)23-12-13-26(38-14-7-15-39(17-16-38)32(44)45-6)25(18-23)35-31(43)27-20-28(33(2,3)4)36-37(27)5/h8-13,18,20,24H,7,14-17,19H2,1-6H3,(H,34,42)(H,35,43)(H,40,41). The summed E-state index contributed by atoms with van der Waals surface area (Å²) in [5.74, 6) is -1.92. The fourth-order valence-corrected chi connectivity index (χ4v) is 5.22. The van der Waals surface area contributed by atoms with Gasteiger partial charge in [0.15, 0.2) is 0 Å². The molecule has 45 heavy (non-hydrogen) atoms. The van der Waals surface area contributed by atoms with Gasteiger partial charge in [0.2, 0.25) is 0 Å². The summed E-state index contributed by atoms with van der Waals surface area (Å²) in [4.78, 5) is 54.7. The summed E-state index contributed by atoms with van der Waals surface area (Å²) < 4.78 is 6.44. The van der Waals surface area contributed by atoms with Crippen LogP contribution in [0.4, 0.5) is 16.2 Å². The number of carbonyl (C=O) groups is 4. The van der Waals surface area contributed by atoms with Crippen LogP contribution in [0.25, 0.3) is 0 Å². The van der Waals surface area contributed by atoms with Gasteiger partial charge in [0.1, 0.15) is 5.69 Å². The number of hydrogen-bond donors (Lipinski definition) is 3. The van der Waals surface area contributed by atoms with Crippen molar-refractivity contribution in [2.24, 2.45) is 7.05 Å². The van der Waals surface area contributed by atoms with Crippen LogP contribution in [-0.4, -0.2) is 77.0 Å². The summed E-state index contributed by atoms with van der Waals surface area (Å²) in [5, 5.41) is 19.9. The van der Waals surface area contributed by atoms with Gasteiger partial charge < -0.3 is 30.3 Å². The van der Waals surface area contributed by atoms with E-state index in [0.717, 1.165) is 11.3 Å². The van der Waals surface area contributed by atoms with E-state index < -0.39 is 29.9 Å². The predicted octanol–water partition coefficient (Wildman–Crippen LogP) is 4.50. The fraction of sp³-hybridized carbons (Fsp3) is 0.424. The first kappa shape index (κ1) is 33.0. The molecule has 0 spiro atoms. The molecule has 12 heteroatoms. The third-order valence-electron chi connectivity index (χ3n) is 7.82. The Labute approximate surface area is 263 Å². The van der Waals surface area contributed by atoms with Crippen LogP contribution in [0.2, 0.25) is 0 Å². The number of carboxylic acids is 1. The molecule has 1 unspecified atom stereocenters. The molecule has 4 rings (SSSR count). The lowest BCUT2D eigenvalue weighted by Gasteiger charge is -2.26. The molecule has 1 fully saturated rings. The van der Waals surface area contributed by atoms with Gasteiger partial charge >= 0.3 is 12.1 Å². The average Bonchev–Trinajstić information content (AvgIpc) is 3.23. The van der Waals surface area contributed by atoms with E-state index in [-0.39, 0.29) is 17.4 Å². The number of aromatic nitrogens is 2. The SMILES string of the molecule is COC(=O)N1CCCN(c2ccc(C(=O)NC(CC(=O)O)c3ccc(C)cc3)cc2NC(=O)c2cc(C(C)(C)C)nn2C)CC1. The number of rotatable bonds is 8. The largest absolute Gasteiger partial charge is 0.481 e. The molecular formula is C33H42N6O6. The number of benzene rings is 2. The number of anilines is 2. The molecular weight excluding hydrogens is 576 g/mol. The Hall–Kier alpha value is -4.87. The Balaban J connectivity index is 1.67. The highest BCUT2D eigenvalue weighted by atomic mass is 16.5. The van der Waals surface area contributed by atoms with Crippen molar-refractivity contribution in [3.8, 4) is 0 Å². The summed E-state index contributed by atoms with van der Waals surface area (Å²) in [6, 6.07) is 13.3. The zero-order valence-electron chi connectivity index (χ0n) is 26.7. The van der Waals surface area contributed by atoms with E-state index in [4.69, 9.17) is 4.74 Å². The van der Waals surface area contributed by atoms with Crippen LogP contribution < -0.4 is 15.5 Å². The zero-order chi connectivity index (χ0) is 32.9. The molecule has 2 aromatic carbocycles. The average molecular weight is 619 g/mol. The van der Waals surface area contributed by atoms with Gasteiger partial charge in [-0.05, 0) is 43.2 Å². The Morgan fingerprint density at radius 3 is 2.31 bits per heavy atom. The van der Waals surface area contributed by atoms with E-state index in [9.17, 15) is 24.3 Å². The van der Waals surface area contributed by atoms with Crippen molar-refractivity contribution < 1.29 is 29.0 Å². The van der Waals surface area contributed by atoms with Crippen molar-refractivity contribution in [3.05, 3.63) is 76.6 Å². The predicted molar refractivity (Wildman–Crippen MR) is 171 cm³/mol. The van der Waals surface area contributed by atoms with Gasteiger partial charge in [-0.25, -0.2) is 4.79 Å². The van der Waals surface area contributed by atoms with Crippen LogP contribution in [0.15, 0.2) is 48.5 Å². The molecule has 3 amide bonds. The summed E-state index contributed by atoms with van der Waals surface area (Å²) in [5.41, 5.74) is 3.89. The zero-order valence-corrected chi connectivity index (χ0v) is 26.7. The van der Waals surface area contributed by atoms with E-state index >= 15 is 0 Å². The highest BCUT2D eigenvalue weighted by molar-refractivity contribution is 6.06. The van der Waals surface area contributed by atoms with E-state index in [2.05, 4.69) is 20.6 Å². The number of carboxylic acid groups (broad SMARTS) is 1. The monoisotopic (exact) mass is 618 g/mol. The number of methoxy groups -OCH3 is 1. The molecule has 240 valence electrons. The van der Waals surface area contributed by atoms with Crippen LogP contribution in [0.5, 0.6) is 0 Å². The van der Waals surface area contributed by atoms with Crippen LogP contribution in [0.3, 0.4) is 0 Å². The number of ether oxygens (including phenoxy) is 1. The normalized spacial score (nSPS) is 14.4. The lowest BCUT2D eigenvalue weighted by Crippen LogP contribution is -2.35. The van der Waals surface area contributed by atoms with Gasteiger partial charge in [0.25, 0.3) is 11.8 Å². The molecule has 0 radical (unpaired) electrons. The fourth-order valence-electron chi connectivity index (χ4n) is 5.22. The van der Waals surface area contributed by atoms with Crippen molar-refractivity contribution in [2.45, 2.75) is 52.0 Å². The molecule has 1 atom stereocenters. The van der Waals surface area contributed by atoms with Crippen molar-refractivity contribution >= 4 is 35.3 Å². The second-order valence-corrected chi connectivity index (χ2v) is 12.3. The van der Waals surface area contributed by atoms with E-state index in [1.807, 2.05) is 39.8 Å². The smallest absolute Gasteiger partial charge is 0.409 e. The molecule has 1 aromatic heterocycles. The van der Waals surface area contributed by atoms with Crippen LogP contribution in [0.1, 0.15) is 77.3 Å².